The molecule has 1 aliphatic heterocycles. The number of aromatic nitrogens is 6. The summed E-state index contributed by atoms with van der Waals surface area (Å²) in [7, 11) is 0. The van der Waals surface area contributed by atoms with Crippen molar-refractivity contribution in [2.24, 2.45) is 0 Å². The molecule has 0 saturated carbocycles. The SMILES string of the molecule is CCCc1c(Cc2ccc(-c3ccccc3-c3noc(=O)[nH]3)cc2F)c(=O)n(C2CCSCC2)c2nc(C)nn12. The van der Waals surface area contributed by atoms with E-state index in [4.69, 9.17) is 0 Å². The van der Waals surface area contributed by atoms with E-state index in [0.29, 0.717) is 45.8 Å². The molecular formula is C29H29FN6O3S. The highest BCUT2D eigenvalue weighted by atomic mass is 32.2. The number of thioether (sulfide) groups is 1. The Kier molecular flexibility index (Phi) is 7.14. The number of aromatic amines is 1. The molecule has 0 bridgehead atoms. The lowest BCUT2D eigenvalue weighted by atomic mass is 9.95. The highest BCUT2D eigenvalue weighted by Gasteiger charge is 2.26. The van der Waals surface area contributed by atoms with Crippen molar-refractivity contribution in [3.05, 3.63) is 91.8 Å². The molecule has 9 nitrogen and oxygen atoms in total. The van der Waals surface area contributed by atoms with E-state index in [0.717, 1.165) is 36.5 Å². The van der Waals surface area contributed by atoms with Gasteiger partial charge >= 0.3 is 5.76 Å². The Morgan fingerprint density at radius 3 is 2.60 bits per heavy atom. The minimum absolute atomic E-state index is 0.0426. The second-order valence-electron chi connectivity index (χ2n) is 10.0. The zero-order valence-electron chi connectivity index (χ0n) is 22.3. The molecule has 0 atom stereocenters. The summed E-state index contributed by atoms with van der Waals surface area (Å²) >= 11 is 1.90. The number of benzene rings is 2. The zero-order valence-corrected chi connectivity index (χ0v) is 23.1. The van der Waals surface area contributed by atoms with E-state index in [1.807, 2.05) is 43.0 Å². The van der Waals surface area contributed by atoms with E-state index in [1.165, 1.54) is 6.07 Å². The van der Waals surface area contributed by atoms with Crippen molar-refractivity contribution in [3.63, 3.8) is 0 Å². The van der Waals surface area contributed by atoms with E-state index in [2.05, 4.69) is 31.7 Å². The lowest BCUT2D eigenvalue weighted by Crippen LogP contribution is -2.34. The maximum absolute atomic E-state index is 15.7. The Bertz CT molecular complexity index is 1810. The van der Waals surface area contributed by atoms with E-state index in [9.17, 15) is 9.59 Å². The Balaban J connectivity index is 1.44. The Labute approximate surface area is 233 Å². The molecule has 40 heavy (non-hydrogen) atoms. The molecule has 1 fully saturated rings. The first-order valence-corrected chi connectivity index (χ1v) is 14.6. The van der Waals surface area contributed by atoms with Gasteiger partial charge in [-0.2, -0.15) is 21.8 Å². The minimum atomic E-state index is -0.661. The molecule has 4 heterocycles. The van der Waals surface area contributed by atoms with Gasteiger partial charge < -0.3 is 0 Å². The van der Waals surface area contributed by atoms with Crippen LogP contribution >= 0.6 is 11.8 Å². The third-order valence-corrected chi connectivity index (χ3v) is 8.44. The van der Waals surface area contributed by atoms with E-state index >= 15 is 4.39 Å². The molecular weight excluding hydrogens is 531 g/mol. The maximum Gasteiger partial charge on any atom is 0.439 e. The van der Waals surface area contributed by atoms with Crippen molar-refractivity contribution >= 4 is 17.5 Å². The Morgan fingerprint density at radius 1 is 1.12 bits per heavy atom. The molecule has 1 aliphatic rings. The topological polar surface area (TPSA) is 111 Å². The predicted molar refractivity (Wildman–Crippen MR) is 152 cm³/mol. The van der Waals surface area contributed by atoms with Gasteiger partial charge in [-0.15, -0.1) is 0 Å². The Morgan fingerprint density at radius 2 is 1.90 bits per heavy atom. The number of nitrogens with zero attached hydrogens (tertiary/aromatic N) is 5. The molecule has 206 valence electrons. The molecule has 5 aromatic rings. The van der Waals surface area contributed by atoms with Gasteiger partial charge in [-0.05, 0) is 60.4 Å². The molecule has 2 aromatic carbocycles. The number of halogens is 1. The maximum atomic E-state index is 15.7. The summed E-state index contributed by atoms with van der Waals surface area (Å²) in [5, 5.41) is 8.44. The second kappa shape index (κ2) is 10.9. The Hall–Kier alpha value is -3.99. The number of rotatable bonds is 7. The summed E-state index contributed by atoms with van der Waals surface area (Å²) in [5.74, 6) is 2.35. The van der Waals surface area contributed by atoms with Crippen molar-refractivity contribution in [2.45, 2.75) is 52.0 Å². The van der Waals surface area contributed by atoms with Crippen molar-refractivity contribution < 1.29 is 8.91 Å². The van der Waals surface area contributed by atoms with Gasteiger partial charge in [-0.25, -0.2) is 13.7 Å². The molecule has 1 N–H and O–H groups in total. The average molecular weight is 561 g/mol. The van der Waals surface area contributed by atoms with Crippen LogP contribution in [0, 0.1) is 12.7 Å². The minimum Gasteiger partial charge on any atom is -0.296 e. The van der Waals surface area contributed by atoms with Crippen LogP contribution in [-0.2, 0) is 12.8 Å². The van der Waals surface area contributed by atoms with E-state index < -0.39 is 11.6 Å². The van der Waals surface area contributed by atoms with Crippen LogP contribution in [0.1, 0.15) is 54.9 Å². The summed E-state index contributed by atoms with van der Waals surface area (Å²) in [6, 6.07) is 12.3. The van der Waals surface area contributed by atoms with Crippen molar-refractivity contribution in [3.8, 4) is 22.5 Å². The van der Waals surface area contributed by atoms with E-state index in [-0.39, 0.29) is 23.8 Å². The normalized spacial score (nSPS) is 14.3. The molecule has 0 radical (unpaired) electrons. The molecule has 6 rings (SSSR count). The smallest absolute Gasteiger partial charge is 0.296 e. The highest BCUT2D eigenvalue weighted by Crippen LogP contribution is 2.32. The highest BCUT2D eigenvalue weighted by molar-refractivity contribution is 7.99. The van der Waals surface area contributed by atoms with Crippen LogP contribution in [0.5, 0.6) is 0 Å². The molecule has 11 heteroatoms. The lowest BCUT2D eigenvalue weighted by Gasteiger charge is -2.25. The number of H-pyrrole nitrogens is 1. The van der Waals surface area contributed by atoms with E-state index in [1.54, 1.807) is 21.2 Å². The van der Waals surface area contributed by atoms with Gasteiger partial charge in [0.05, 0.1) is 5.69 Å². The molecule has 0 aliphatic carbocycles. The summed E-state index contributed by atoms with van der Waals surface area (Å²) < 4.78 is 24.0. The van der Waals surface area contributed by atoms with Gasteiger partial charge in [-0.1, -0.05) is 54.9 Å². The number of nitrogens with one attached hydrogen (secondary N) is 1. The van der Waals surface area contributed by atoms with Crippen LogP contribution in [0.25, 0.3) is 28.3 Å². The fourth-order valence-corrected chi connectivity index (χ4v) is 6.59. The predicted octanol–water partition coefficient (Wildman–Crippen LogP) is 4.96. The quantitative estimate of drug-likeness (QED) is 0.300. The fraction of sp³-hybridized carbons (Fsp3) is 0.345. The van der Waals surface area contributed by atoms with Gasteiger partial charge in [0.25, 0.3) is 5.56 Å². The average Bonchev–Trinajstić information content (AvgIpc) is 3.57. The molecule has 0 amide bonds. The van der Waals surface area contributed by atoms with Crippen LogP contribution in [0.15, 0.2) is 56.6 Å². The van der Waals surface area contributed by atoms with Gasteiger partial charge in [0.15, 0.2) is 5.82 Å². The van der Waals surface area contributed by atoms with Gasteiger partial charge in [-0.3, -0.25) is 18.9 Å². The van der Waals surface area contributed by atoms with Crippen LogP contribution in [-0.4, -0.2) is 40.8 Å². The van der Waals surface area contributed by atoms with Crippen molar-refractivity contribution in [1.29, 1.82) is 0 Å². The summed E-state index contributed by atoms with van der Waals surface area (Å²) in [6.07, 6.45) is 3.37. The first-order valence-electron chi connectivity index (χ1n) is 13.5. The van der Waals surface area contributed by atoms with Crippen molar-refractivity contribution in [2.75, 3.05) is 11.5 Å². The summed E-state index contributed by atoms with van der Waals surface area (Å²) in [5.41, 5.74) is 3.59. The first kappa shape index (κ1) is 26.2. The second-order valence-corrected chi connectivity index (χ2v) is 11.3. The molecule has 0 spiro atoms. The third kappa shape index (κ3) is 4.78. The molecule has 0 unspecified atom stereocenters. The standard InChI is InChI=1S/C29H29FN6O3S/c1-3-6-25-23(27(37)35(20-11-13-40-14-12-20)28-31-17(2)33-36(25)28)15-19-10-9-18(16-24(19)30)21-7-4-5-8-22(21)26-32-29(38)39-34-26/h4-5,7-10,16,20H,3,6,11-15H2,1-2H3,(H,32,34,38). The molecule has 1 saturated heterocycles. The monoisotopic (exact) mass is 560 g/mol. The number of fused-ring (bicyclic) bond motifs is 1. The first-order chi connectivity index (χ1) is 19.4. The lowest BCUT2D eigenvalue weighted by molar-refractivity contribution is 0.388. The van der Waals surface area contributed by atoms with Crippen LogP contribution < -0.4 is 11.3 Å². The van der Waals surface area contributed by atoms with Crippen LogP contribution in [0.2, 0.25) is 0 Å². The fourth-order valence-electron chi connectivity index (χ4n) is 5.51. The number of hydrogen-bond acceptors (Lipinski definition) is 7. The van der Waals surface area contributed by atoms with Gasteiger partial charge in [0.1, 0.15) is 11.6 Å². The largest absolute Gasteiger partial charge is 0.439 e. The van der Waals surface area contributed by atoms with Gasteiger partial charge in [0.2, 0.25) is 5.78 Å². The van der Waals surface area contributed by atoms with Crippen LogP contribution in [0.4, 0.5) is 4.39 Å². The van der Waals surface area contributed by atoms with Crippen molar-refractivity contribution in [1.82, 2.24) is 29.3 Å². The summed E-state index contributed by atoms with van der Waals surface area (Å²) in [6.45, 7) is 3.89. The number of hydrogen-bond donors (Lipinski definition) is 1. The third-order valence-electron chi connectivity index (χ3n) is 7.39. The van der Waals surface area contributed by atoms with Gasteiger partial charge in [0, 0.05) is 23.6 Å². The molecule has 3 aromatic heterocycles. The summed E-state index contributed by atoms with van der Waals surface area (Å²) in [4.78, 5) is 32.8. The number of aryl methyl sites for hydroxylation is 2. The van der Waals surface area contributed by atoms with Crippen LogP contribution in [0.3, 0.4) is 0 Å². The zero-order chi connectivity index (χ0) is 27.8.